The third-order valence-electron chi connectivity index (χ3n) is 2.75. The second-order valence-corrected chi connectivity index (χ2v) is 6.10. The number of anilines is 1. The number of rotatable bonds is 6. The lowest BCUT2D eigenvalue weighted by atomic mass is 10.2. The van der Waals surface area contributed by atoms with E-state index in [1.165, 1.54) is 23.1 Å². The molecule has 0 saturated heterocycles. The van der Waals surface area contributed by atoms with Gasteiger partial charge in [0.05, 0.1) is 12.9 Å². The molecule has 0 spiro atoms. The summed E-state index contributed by atoms with van der Waals surface area (Å²) in [6.07, 6.45) is 1.63. The van der Waals surface area contributed by atoms with Crippen molar-refractivity contribution >= 4 is 34.1 Å². The Bertz CT molecular complexity index is 772. The van der Waals surface area contributed by atoms with Gasteiger partial charge in [-0.2, -0.15) is 0 Å². The van der Waals surface area contributed by atoms with E-state index in [9.17, 15) is 4.79 Å². The van der Waals surface area contributed by atoms with Crippen LogP contribution in [-0.2, 0) is 4.79 Å². The number of thiazole rings is 1. The van der Waals surface area contributed by atoms with Crippen LogP contribution < -0.4 is 10.1 Å². The molecule has 0 atom stereocenters. The van der Waals surface area contributed by atoms with Crippen LogP contribution in [0, 0.1) is 0 Å². The van der Waals surface area contributed by atoms with E-state index in [0.29, 0.717) is 16.2 Å². The van der Waals surface area contributed by atoms with Crippen molar-refractivity contribution in [3.05, 3.63) is 35.8 Å². The lowest BCUT2D eigenvalue weighted by Crippen LogP contribution is -2.13. The second kappa shape index (κ2) is 7.25. The molecule has 0 bridgehead atoms. The number of ether oxygens (including phenoxy) is 1. The molecular formula is C14H12N4O3S2. The van der Waals surface area contributed by atoms with Crippen LogP contribution in [0.5, 0.6) is 5.75 Å². The Hall–Kier alpha value is -2.39. The van der Waals surface area contributed by atoms with Crippen molar-refractivity contribution in [2.24, 2.45) is 0 Å². The van der Waals surface area contributed by atoms with Gasteiger partial charge in [0.2, 0.25) is 11.8 Å². The highest BCUT2D eigenvalue weighted by Gasteiger charge is 2.12. The quantitative estimate of drug-likeness (QED) is 0.685. The summed E-state index contributed by atoms with van der Waals surface area (Å²) in [7, 11) is 1.60. The van der Waals surface area contributed by atoms with Gasteiger partial charge in [0.1, 0.15) is 5.75 Å². The normalized spacial score (nSPS) is 10.5. The van der Waals surface area contributed by atoms with Crippen LogP contribution in [-0.4, -0.2) is 34.0 Å². The molecule has 0 fully saturated rings. The zero-order valence-corrected chi connectivity index (χ0v) is 13.7. The zero-order chi connectivity index (χ0) is 16.1. The van der Waals surface area contributed by atoms with Crippen molar-refractivity contribution in [2.75, 3.05) is 18.2 Å². The maximum absolute atomic E-state index is 11.8. The fourth-order valence-electron chi connectivity index (χ4n) is 1.69. The maximum Gasteiger partial charge on any atom is 0.277 e. The Balaban J connectivity index is 1.57. The molecule has 1 aromatic carbocycles. The van der Waals surface area contributed by atoms with E-state index < -0.39 is 0 Å². The summed E-state index contributed by atoms with van der Waals surface area (Å²) in [5, 5.41) is 13.3. The van der Waals surface area contributed by atoms with Gasteiger partial charge in [-0.15, -0.1) is 21.5 Å². The van der Waals surface area contributed by atoms with Gasteiger partial charge in [-0.05, 0) is 24.3 Å². The molecule has 0 radical (unpaired) electrons. The number of benzene rings is 1. The number of thioether (sulfide) groups is 1. The molecule has 118 valence electrons. The number of nitrogens with one attached hydrogen (secondary N) is 1. The number of hydrogen-bond acceptors (Lipinski definition) is 8. The summed E-state index contributed by atoms with van der Waals surface area (Å²) in [5.74, 6) is 1.15. The summed E-state index contributed by atoms with van der Waals surface area (Å²) in [5.41, 5.74) is 0.789. The first-order valence-corrected chi connectivity index (χ1v) is 8.41. The topological polar surface area (TPSA) is 90.1 Å². The molecule has 0 aliphatic carbocycles. The van der Waals surface area contributed by atoms with Crippen LogP contribution in [0.25, 0.3) is 11.5 Å². The summed E-state index contributed by atoms with van der Waals surface area (Å²) in [6.45, 7) is 0. The molecular weight excluding hydrogens is 336 g/mol. The number of methoxy groups -OCH3 is 1. The highest BCUT2D eigenvalue weighted by atomic mass is 32.2. The molecule has 1 N–H and O–H groups in total. The highest BCUT2D eigenvalue weighted by Crippen LogP contribution is 2.25. The Morgan fingerprint density at radius 2 is 2.17 bits per heavy atom. The van der Waals surface area contributed by atoms with Crippen LogP contribution in [0.3, 0.4) is 0 Å². The van der Waals surface area contributed by atoms with Gasteiger partial charge in [0.15, 0.2) is 5.13 Å². The molecule has 3 aromatic rings. The minimum Gasteiger partial charge on any atom is -0.497 e. The lowest BCUT2D eigenvalue weighted by Gasteiger charge is -1.99. The van der Waals surface area contributed by atoms with Crippen LogP contribution in [0.1, 0.15) is 0 Å². The molecule has 2 heterocycles. The summed E-state index contributed by atoms with van der Waals surface area (Å²) in [6, 6.07) is 7.29. The van der Waals surface area contributed by atoms with E-state index in [1.54, 1.807) is 18.7 Å². The number of hydrogen-bond donors (Lipinski definition) is 1. The monoisotopic (exact) mass is 348 g/mol. The van der Waals surface area contributed by atoms with E-state index in [2.05, 4.69) is 20.5 Å². The average Bonchev–Trinajstić information content (AvgIpc) is 3.25. The third kappa shape index (κ3) is 4.08. The molecule has 0 aliphatic rings. The molecule has 0 unspecified atom stereocenters. The van der Waals surface area contributed by atoms with E-state index in [4.69, 9.17) is 9.15 Å². The SMILES string of the molecule is COc1ccc(-c2nnc(SCC(=O)Nc3nccs3)o2)cc1. The Morgan fingerprint density at radius 1 is 1.35 bits per heavy atom. The highest BCUT2D eigenvalue weighted by molar-refractivity contribution is 7.99. The van der Waals surface area contributed by atoms with Gasteiger partial charge in [-0.25, -0.2) is 4.98 Å². The van der Waals surface area contributed by atoms with Crippen molar-refractivity contribution < 1.29 is 13.9 Å². The van der Waals surface area contributed by atoms with Crippen LogP contribution >= 0.6 is 23.1 Å². The maximum atomic E-state index is 11.8. The molecule has 2 aromatic heterocycles. The van der Waals surface area contributed by atoms with Gasteiger partial charge >= 0.3 is 0 Å². The zero-order valence-electron chi connectivity index (χ0n) is 12.1. The van der Waals surface area contributed by atoms with Crippen molar-refractivity contribution in [2.45, 2.75) is 5.22 Å². The van der Waals surface area contributed by atoms with Crippen LogP contribution in [0.4, 0.5) is 5.13 Å². The fourth-order valence-corrected chi connectivity index (χ4v) is 2.79. The molecule has 9 heteroatoms. The fraction of sp³-hybridized carbons (Fsp3) is 0.143. The van der Waals surface area contributed by atoms with Gasteiger partial charge < -0.3 is 14.5 Å². The minimum atomic E-state index is -0.172. The predicted molar refractivity (Wildman–Crippen MR) is 87.8 cm³/mol. The first-order chi connectivity index (χ1) is 11.2. The average molecular weight is 348 g/mol. The number of aromatic nitrogens is 3. The van der Waals surface area contributed by atoms with Gasteiger partial charge in [-0.1, -0.05) is 11.8 Å². The van der Waals surface area contributed by atoms with Crippen LogP contribution in [0.2, 0.25) is 0 Å². The smallest absolute Gasteiger partial charge is 0.277 e. The predicted octanol–water partition coefficient (Wildman–Crippen LogP) is 2.93. The first-order valence-electron chi connectivity index (χ1n) is 6.54. The van der Waals surface area contributed by atoms with E-state index in [1.807, 2.05) is 24.3 Å². The number of amides is 1. The molecule has 0 aliphatic heterocycles. The van der Waals surface area contributed by atoms with E-state index >= 15 is 0 Å². The lowest BCUT2D eigenvalue weighted by molar-refractivity contribution is -0.113. The van der Waals surface area contributed by atoms with Gasteiger partial charge in [0.25, 0.3) is 5.22 Å². The minimum absolute atomic E-state index is 0.170. The standard InChI is InChI=1S/C14H12N4O3S2/c1-20-10-4-2-9(3-5-10)12-17-18-14(21-12)23-8-11(19)16-13-15-6-7-22-13/h2-7H,8H2,1H3,(H,15,16,19). The molecule has 3 rings (SSSR count). The third-order valence-corrected chi connectivity index (χ3v) is 4.26. The summed E-state index contributed by atoms with van der Waals surface area (Å²) < 4.78 is 10.6. The molecule has 23 heavy (non-hydrogen) atoms. The number of carbonyl (C=O) groups excluding carboxylic acids is 1. The van der Waals surface area contributed by atoms with E-state index in [0.717, 1.165) is 11.3 Å². The molecule has 0 saturated carbocycles. The number of carbonyl (C=O) groups is 1. The van der Waals surface area contributed by atoms with Crippen molar-refractivity contribution in [3.63, 3.8) is 0 Å². The van der Waals surface area contributed by atoms with Crippen molar-refractivity contribution in [1.29, 1.82) is 0 Å². The second-order valence-electron chi connectivity index (χ2n) is 4.28. The summed E-state index contributed by atoms with van der Waals surface area (Å²) in [4.78, 5) is 15.7. The number of nitrogens with zero attached hydrogens (tertiary/aromatic N) is 3. The van der Waals surface area contributed by atoms with E-state index in [-0.39, 0.29) is 11.7 Å². The first kappa shape index (κ1) is 15.5. The van der Waals surface area contributed by atoms with Crippen molar-refractivity contribution in [1.82, 2.24) is 15.2 Å². The van der Waals surface area contributed by atoms with Gasteiger partial charge in [0, 0.05) is 17.1 Å². The Kier molecular flexibility index (Phi) is 4.89. The molecule has 7 nitrogen and oxygen atoms in total. The molecule has 1 amide bonds. The van der Waals surface area contributed by atoms with Crippen LogP contribution in [0.15, 0.2) is 45.5 Å². The summed E-state index contributed by atoms with van der Waals surface area (Å²) >= 11 is 2.54. The Labute approximate surface area is 140 Å². The van der Waals surface area contributed by atoms with Gasteiger partial charge in [-0.3, -0.25) is 4.79 Å². The largest absolute Gasteiger partial charge is 0.497 e. The Morgan fingerprint density at radius 3 is 2.87 bits per heavy atom. The van der Waals surface area contributed by atoms with Crippen molar-refractivity contribution in [3.8, 4) is 17.2 Å².